The van der Waals surface area contributed by atoms with Crippen molar-refractivity contribution >= 4 is 11.9 Å². The molecule has 2 atom stereocenters. The first-order valence-electron chi connectivity index (χ1n) is 11.7. The minimum atomic E-state index is -1.01. The molecule has 12 heteroatoms. The van der Waals surface area contributed by atoms with Crippen molar-refractivity contribution in [2.45, 2.75) is 26.1 Å². The van der Waals surface area contributed by atoms with E-state index >= 15 is 0 Å². The van der Waals surface area contributed by atoms with Gasteiger partial charge in [-0.15, -0.1) is 0 Å². The molecule has 12 nitrogen and oxygen atoms in total. The maximum atomic E-state index is 10.4. The van der Waals surface area contributed by atoms with Crippen LogP contribution in [0.15, 0.2) is 24.3 Å². The highest BCUT2D eigenvalue weighted by molar-refractivity contribution is 5.68. The number of carbonyl (C=O) groups is 2. The van der Waals surface area contributed by atoms with E-state index in [1.165, 1.54) is 0 Å². The van der Waals surface area contributed by atoms with Crippen LogP contribution in [-0.4, -0.2) is 114 Å². The molecule has 0 saturated heterocycles. The number of aliphatic carboxylic acids is 2. The highest BCUT2D eigenvalue weighted by atomic mass is 16.6. The number of carboxylic acid groups (broad SMARTS) is 2. The van der Waals surface area contributed by atoms with Crippen molar-refractivity contribution in [1.29, 1.82) is 0 Å². The Hall–Kier alpha value is -2.48. The molecular weight excluding hydrogens is 480 g/mol. The van der Waals surface area contributed by atoms with Crippen LogP contribution in [0, 0.1) is 0 Å². The number of ether oxygens (including phenoxy) is 8. The molecule has 0 saturated carbocycles. The Morgan fingerprint density at radius 1 is 0.611 bits per heavy atom. The first-order valence-corrected chi connectivity index (χ1v) is 11.7. The molecule has 0 unspecified atom stereocenters. The van der Waals surface area contributed by atoms with E-state index in [1.54, 1.807) is 38.1 Å². The molecule has 1 aromatic carbocycles. The van der Waals surface area contributed by atoms with Gasteiger partial charge in [0.1, 0.15) is 37.9 Å². The van der Waals surface area contributed by atoms with Gasteiger partial charge >= 0.3 is 11.9 Å². The van der Waals surface area contributed by atoms with Gasteiger partial charge in [0.15, 0.2) is 0 Å². The molecule has 0 radical (unpaired) electrons. The largest absolute Gasteiger partial charge is 0.491 e. The Morgan fingerprint density at radius 3 is 1.31 bits per heavy atom. The first kappa shape index (κ1) is 31.5. The Labute approximate surface area is 211 Å². The van der Waals surface area contributed by atoms with E-state index in [1.807, 2.05) is 0 Å². The lowest BCUT2D eigenvalue weighted by Gasteiger charge is -2.12. The van der Waals surface area contributed by atoms with Gasteiger partial charge in [-0.05, 0) is 38.1 Å². The Kier molecular flexibility index (Phi) is 18.1. The molecular formula is C24H38O12. The van der Waals surface area contributed by atoms with Crippen LogP contribution in [0.3, 0.4) is 0 Å². The molecule has 0 spiro atoms. The van der Waals surface area contributed by atoms with Crippen molar-refractivity contribution in [3.63, 3.8) is 0 Å². The molecule has 0 aromatic heterocycles. The third kappa shape index (κ3) is 18.8. The summed E-state index contributed by atoms with van der Waals surface area (Å²) in [4.78, 5) is 20.8. The third-order valence-electron chi connectivity index (χ3n) is 4.25. The highest BCUT2D eigenvalue weighted by Gasteiger charge is 2.06. The van der Waals surface area contributed by atoms with E-state index in [9.17, 15) is 9.59 Å². The second kappa shape index (κ2) is 20.7. The number of hydrogen-bond donors (Lipinski definition) is 2. The van der Waals surface area contributed by atoms with Crippen LogP contribution < -0.4 is 9.47 Å². The van der Waals surface area contributed by atoms with Crippen molar-refractivity contribution < 1.29 is 57.7 Å². The van der Waals surface area contributed by atoms with Crippen LogP contribution in [0.5, 0.6) is 11.5 Å². The SMILES string of the molecule is C[C@@H](COCCOCCOc1ccc(OCCOCCOC[C@H](C)OCC(=O)O)cc1)OCC(=O)O. The van der Waals surface area contributed by atoms with Crippen molar-refractivity contribution in [2.24, 2.45) is 0 Å². The van der Waals surface area contributed by atoms with E-state index in [0.717, 1.165) is 0 Å². The lowest BCUT2D eigenvalue weighted by molar-refractivity contribution is -0.146. The van der Waals surface area contributed by atoms with Crippen LogP contribution in [0.25, 0.3) is 0 Å². The summed E-state index contributed by atoms with van der Waals surface area (Å²) in [6.07, 6.45) is -0.588. The predicted molar refractivity (Wildman–Crippen MR) is 127 cm³/mol. The predicted octanol–water partition coefficient (Wildman–Crippen LogP) is 1.49. The fourth-order valence-corrected chi connectivity index (χ4v) is 2.53. The molecule has 0 aliphatic heterocycles. The molecule has 0 aliphatic rings. The Bertz CT molecular complexity index is 638. The second-order valence-corrected chi connectivity index (χ2v) is 7.57. The normalized spacial score (nSPS) is 12.7. The zero-order valence-electron chi connectivity index (χ0n) is 20.9. The molecule has 1 rings (SSSR count). The second-order valence-electron chi connectivity index (χ2n) is 7.57. The fourth-order valence-electron chi connectivity index (χ4n) is 2.53. The molecule has 0 fully saturated rings. The molecule has 1 aromatic rings. The average molecular weight is 519 g/mol. The molecule has 0 aliphatic carbocycles. The molecule has 36 heavy (non-hydrogen) atoms. The third-order valence-corrected chi connectivity index (χ3v) is 4.25. The van der Waals surface area contributed by atoms with Crippen LogP contribution in [0.2, 0.25) is 0 Å². The summed E-state index contributed by atoms with van der Waals surface area (Å²) in [7, 11) is 0. The number of benzene rings is 1. The first-order chi connectivity index (χ1) is 17.4. The highest BCUT2D eigenvalue weighted by Crippen LogP contribution is 2.17. The molecule has 206 valence electrons. The summed E-state index contributed by atoms with van der Waals surface area (Å²) < 4.78 is 42.9. The van der Waals surface area contributed by atoms with Gasteiger partial charge in [-0.3, -0.25) is 0 Å². The van der Waals surface area contributed by atoms with Gasteiger partial charge in [-0.2, -0.15) is 0 Å². The average Bonchev–Trinajstić information content (AvgIpc) is 2.85. The summed E-state index contributed by atoms with van der Waals surface area (Å²) in [5, 5.41) is 17.1. The standard InChI is InChI=1S/C24H38O12/c1-19(35-17-23(25)26)15-31-9-7-29-11-13-33-21-3-5-22(6-4-21)34-14-12-30-8-10-32-16-20(2)36-18-24(27)28/h3-6,19-20H,7-18H2,1-2H3,(H,25,26)(H,27,28)/t19-,20-/m0/s1. The van der Waals surface area contributed by atoms with E-state index in [-0.39, 0.29) is 25.4 Å². The van der Waals surface area contributed by atoms with Crippen LogP contribution in [-0.2, 0) is 38.0 Å². The van der Waals surface area contributed by atoms with Crippen LogP contribution in [0.1, 0.15) is 13.8 Å². The Morgan fingerprint density at radius 2 is 0.944 bits per heavy atom. The maximum absolute atomic E-state index is 10.4. The van der Waals surface area contributed by atoms with Gasteiger partial charge in [-0.25, -0.2) is 9.59 Å². The van der Waals surface area contributed by atoms with Gasteiger partial charge in [0.2, 0.25) is 0 Å². The van der Waals surface area contributed by atoms with Crippen molar-refractivity contribution in [3.05, 3.63) is 24.3 Å². The lowest BCUT2D eigenvalue weighted by atomic mass is 10.3. The zero-order valence-corrected chi connectivity index (χ0v) is 20.9. The molecule has 0 heterocycles. The summed E-state index contributed by atoms with van der Waals surface area (Å²) in [6, 6.07) is 7.22. The van der Waals surface area contributed by atoms with E-state index in [2.05, 4.69) is 0 Å². The van der Waals surface area contributed by atoms with Gasteiger partial charge in [0, 0.05) is 0 Å². The van der Waals surface area contributed by atoms with Gasteiger partial charge in [-0.1, -0.05) is 0 Å². The number of carboxylic acids is 2. The molecule has 0 amide bonds. The minimum Gasteiger partial charge on any atom is -0.491 e. The van der Waals surface area contributed by atoms with Crippen molar-refractivity contribution in [3.8, 4) is 11.5 Å². The molecule has 2 N–H and O–H groups in total. The van der Waals surface area contributed by atoms with E-state index < -0.39 is 11.9 Å². The Balaban J connectivity index is 1.95. The number of rotatable bonds is 24. The van der Waals surface area contributed by atoms with Crippen LogP contribution >= 0.6 is 0 Å². The van der Waals surface area contributed by atoms with E-state index in [4.69, 9.17) is 48.1 Å². The quantitative estimate of drug-likeness (QED) is 0.191. The van der Waals surface area contributed by atoms with Gasteiger partial charge < -0.3 is 48.1 Å². The van der Waals surface area contributed by atoms with Crippen molar-refractivity contribution in [2.75, 3.05) is 79.3 Å². The monoisotopic (exact) mass is 518 g/mol. The summed E-state index contributed by atoms with van der Waals surface area (Å²) in [5.74, 6) is -0.624. The summed E-state index contributed by atoms with van der Waals surface area (Å²) in [5.41, 5.74) is 0. The van der Waals surface area contributed by atoms with Gasteiger partial charge in [0.25, 0.3) is 0 Å². The summed E-state index contributed by atoms with van der Waals surface area (Å²) in [6.45, 7) is 6.55. The van der Waals surface area contributed by atoms with Gasteiger partial charge in [0.05, 0.1) is 65.1 Å². The number of hydrogen-bond acceptors (Lipinski definition) is 10. The fraction of sp³-hybridized carbons (Fsp3) is 0.667. The van der Waals surface area contributed by atoms with E-state index in [0.29, 0.717) is 77.6 Å². The summed E-state index contributed by atoms with van der Waals surface area (Å²) >= 11 is 0. The zero-order chi connectivity index (χ0) is 26.4. The maximum Gasteiger partial charge on any atom is 0.329 e. The van der Waals surface area contributed by atoms with Crippen LogP contribution in [0.4, 0.5) is 0 Å². The lowest BCUT2D eigenvalue weighted by Crippen LogP contribution is -2.21. The minimum absolute atomic E-state index is 0.294. The van der Waals surface area contributed by atoms with Crippen molar-refractivity contribution in [1.82, 2.24) is 0 Å². The topological polar surface area (TPSA) is 148 Å². The smallest absolute Gasteiger partial charge is 0.329 e. The molecule has 0 bridgehead atoms.